The number of amides is 8. The number of allylic oxidation sites excluding steroid dienone is 2. The molecule has 0 aromatic carbocycles. The summed E-state index contributed by atoms with van der Waals surface area (Å²) in [6.07, 6.45) is 5.02. The number of carbonyl (C=O) groups excluding carboxylic acids is 6. The number of aliphatic carboxylic acids is 2. The first-order valence-corrected chi connectivity index (χ1v) is 11.6. The summed E-state index contributed by atoms with van der Waals surface area (Å²) < 4.78 is 0. The summed E-state index contributed by atoms with van der Waals surface area (Å²) in [7, 11) is 0. The molecule has 200 valence electrons. The molecule has 8 amide bonds. The highest BCUT2D eigenvalue weighted by Gasteiger charge is 2.45. The molecule has 0 aromatic rings. The number of nitrogens with zero attached hydrogens (tertiary/aromatic N) is 4. The van der Waals surface area contributed by atoms with E-state index in [9.17, 15) is 38.4 Å². The van der Waals surface area contributed by atoms with Crippen LogP contribution in [0.4, 0.5) is 9.59 Å². The minimum Gasteiger partial charge on any atom is -0.480 e. The molecule has 2 heterocycles. The van der Waals surface area contributed by atoms with Gasteiger partial charge in [-0.05, 0) is 18.9 Å². The van der Waals surface area contributed by atoms with Gasteiger partial charge in [-0.1, -0.05) is 38.8 Å². The number of barbiturate groups is 2. The number of unbranched alkanes of at least 4 members (excludes halogenated alkanes) is 2. The van der Waals surface area contributed by atoms with Gasteiger partial charge in [-0.3, -0.25) is 43.5 Å². The van der Waals surface area contributed by atoms with E-state index < -0.39 is 72.2 Å². The lowest BCUT2D eigenvalue weighted by Crippen LogP contribution is -2.60. The fraction of sp³-hybridized carbons (Fsp3) is 0.478. The number of urea groups is 2. The van der Waals surface area contributed by atoms with Gasteiger partial charge in [0.15, 0.2) is 0 Å². The standard InChI is InChI=1S/C23H28N4O10/c1-3-5-10-24-18(32)14(20(34)26(22(24)36)12-16(28)29)8-7-9-15-19(33)25(11-6-4-2)23(37)27(21(15)35)13-17(30)31/h7-9,14H,3-6,10-13H2,1-2H3,(H,28,29)(H,30,31)/b8-7+,15-9-. The van der Waals surface area contributed by atoms with Gasteiger partial charge in [0.25, 0.3) is 11.8 Å². The second-order valence-corrected chi connectivity index (χ2v) is 8.26. The maximum absolute atomic E-state index is 12.9. The summed E-state index contributed by atoms with van der Waals surface area (Å²) >= 11 is 0. The van der Waals surface area contributed by atoms with E-state index in [1.807, 2.05) is 6.92 Å². The summed E-state index contributed by atoms with van der Waals surface area (Å²) in [5.74, 6) is -8.67. The third kappa shape index (κ3) is 6.45. The Kier molecular flexibility index (Phi) is 9.80. The first-order chi connectivity index (χ1) is 17.5. The molecule has 0 saturated carbocycles. The van der Waals surface area contributed by atoms with Crippen molar-refractivity contribution in [2.45, 2.75) is 39.5 Å². The van der Waals surface area contributed by atoms with Gasteiger partial charge in [-0.25, -0.2) is 14.5 Å². The summed E-state index contributed by atoms with van der Waals surface area (Å²) in [6.45, 7) is 1.57. The fourth-order valence-corrected chi connectivity index (χ4v) is 3.64. The van der Waals surface area contributed by atoms with Crippen molar-refractivity contribution in [2.24, 2.45) is 5.92 Å². The summed E-state index contributed by atoms with van der Waals surface area (Å²) in [6, 6.07) is -2.13. The second kappa shape index (κ2) is 12.6. The number of hydrogen-bond donors (Lipinski definition) is 2. The zero-order valence-electron chi connectivity index (χ0n) is 20.4. The molecule has 37 heavy (non-hydrogen) atoms. The monoisotopic (exact) mass is 520 g/mol. The molecule has 2 N–H and O–H groups in total. The number of carboxylic acids is 2. The Morgan fingerprint density at radius 2 is 1.19 bits per heavy atom. The van der Waals surface area contributed by atoms with E-state index in [4.69, 9.17) is 10.2 Å². The average Bonchev–Trinajstić information content (AvgIpc) is 2.83. The van der Waals surface area contributed by atoms with Crippen molar-refractivity contribution in [3.63, 3.8) is 0 Å². The number of carbonyl (C=O) groups is 8. The van der Waals surface area contributed by atoms with Crippen molar-refractivity contribution >= 4 is 47.6 Å². The van der Waals surface area contributed by atoms with E-state index in [0.29, 0.717) is 35.5 Å². The predicted octanol–water partition coefficient (Wildman–Crippen LogP) is 0.436. The number of hydrogen-bond acceptors (Lipinski definition) is 8. The van der Waals surface area contributed by atoms with Gasteiger partial charge in [-0.15, -0.1) is 0 Å². The third-order valence-electron chi connectivity index (χ3n) is 5.56. The van der Waals surface area contributed by atoms with Crippen LogP contribution in [0, 0.1) is 5.92 Å². The molecule has 14 heteroatoms. The topological polar surface area (TPSA) is 190 Å². The van der Waals surface area contributed by atoms with Crippen molar-refractivity contribution in [1.29, 1.82) is 0 Å². The molecule has 2 aliphatic rings. The van der Waals surface area contributed by atoms with Crippen LogP contribution in [0.2, 0.25) is 0 Å². The molecule has 2 aliphatic heterocycles. The van der Waals surface area contributed by atoms with Crippen molar-refractivity contribution < 1.29 is 48.6 Å². The summed E-state index contributed by atoms with van der Waals surface area (Å²) in [5, 5.41) is 18.2. The van der Waals surface area contributed by atoms with E-state index >= 15 is 0 Å². The maximum atomic E-state index is 12.9. The molecule has 2 fully saturated rings. The zero-order valence-corrected chi connectivity index (χ0v) is 20.4. The average molecular weight is 520 g/mol. The van der Waals surface area contributed by atoms with Crippen LogP contribution in [0.3, 0.4) is 0 Å². The Morgan fingerprint density at radius 3 is 1.73 bits per heavy atom. The lowest BCUT2D eigenvalue weighted by Gasteiger charge is -2.35. The van der Waals surface area contributed by atoms with Crippen molar-refractivity contribution in [3.05, 3.63) is 23.8 Å². The van der Waals surface area contributed by atoms with E-state index in [1.165, 1.54) is 0 Å². The fourth-order valence-electron chi connectivity index (χ4n) is 3.64. The Balaban J connectivity index is 2.42. The molecule has 0 bridgehead atoms. The molecule has 0 radical (unpaired) electrons. The molecule has 2 saturated heterocycles. The van der Waals surface area contributed by atoms with Crippen molar-refractivity contribution in [1.82, 2.24) is 19.6 Å². The van der Waals surface area contributed by atoms with Gasteiger partial charge >= 0.3 is 24.0 Å². The Bertz CT molecular complexity index is 1080. The SMILES string of the molecule is CCCCN1C(=O)/C(=C/C=C/C2C(=O)N(CCCC)C(=O)N(CC(=O)O)C2=O)C(=O)N(CC(=O)O)C1=O. The van der Waals surface area contributed by atoms with E-state index in [-0.39, 0.29) is 13.1 Å². The van der Waals surface area contributed by atoms with Crippen LogP contribution in [0.1, 0.15) is 39.5 Å². The number of imide groups is 4. The van der Waals surface area contributed by atoms with Crippen molar-refractivity contribution in [2.75, 3.05) is 26.2 Å². The van der Waals surface area contributed by atoms with Crippen LogP contribution in [0.25, 0.3) is 0 Å². The van der Waals surface area contributed by atoms with Gasteiger partial charge in [0.1, 0.15) is 24.6 Å². The largest absolute Gasteiger partial charge is 0.480 e. The molecule has 0 spiro atoms. The Hall–Kier alpha value is -4.36. The highest BCUT2D eigenvalue weighted by Crippen LogP contribution is 2.22. The molecule has 2 rings (SSSR count). The van der Waals surface area contributed by atoms with Gasteiger partial charge in [0, 0.05) is 13.1 Å². The minimum atomic E-state index is -1.60. The molecular weight excluding hydrogens is 492 g/mol. The predicted molar refractivity (Wildman–Crippen MR) is 123 cm³/mol. The summed E-state index contributed by atoms with van der Waals surface area (Å²) in [5.41, 5.74) is -0.565. The lowest BCUT2D eigenvalue weighted by molar-refractivity contribution is -0.151. The van der Waals surface area contributed by atoms with Crippen LogP contribution in [0.5, 0.6) is 0 Å². The molecule has 1 unspecified atom stereocenters. The van der Waals surface area contributed by atoms with E-state index in [1.54, 1.807) is 6.92 Å². The highest BCUT2D eigenvalue weighted by atomic mass is 16.4. The molecule has 0 aliphatic carbocycles. The first kappa shape index (κ1) is 28.9. The molecule has 14 nitrogen and oxygen atoms in total. The quantitative estimate of drug-likeness (QED) is 0.207. The molecule has 0 aromatic heterocycles. The van der Waals surface area contributed by atoms with Gasteiger partial charge in [0.2, 0.25) is 11.8 Å². The van der Waals surface area contributed by atoms with Crippen LogP contribution < -0.4 is 0 Å². The minimum absolute atomic E-state index is 0.0430. The summed E-state index contributed by atoms with van der Waals surface area (Å²) in [4.78, 5) is 101. The molecular formula is C23H28N4O10. The third-order valence-corrected chi connectivity index (χ3v) is 5.56. The zero-order chi connectivity index (χ0) is 27.9. The van der Waals surface area contributed by atoms with Crippen molar-refractivity contribution in [3.8, 4) is 0 Å². The van der Waals surface area contributed by atoms with Gasteiger partial charge < -0.3 is 10.2 Å². The Morgan fingerprint density at radius 1 is 0.730 bits per heavy atom. The first-order valence-electron chi connectivity index (χ1n) is 11.6. The number of carboxylic acid groups (broad SMARTS) is 2. The van der Waals surface area contributed by atoms with Crippen LogP contribution in [-0.2, 0) is 28.8 Å². The van der Waals surface area contributed by atoms with E-state index in [0.717, 1.165) is 28.0 Å². The highest BCUT2D eigenvalue weighted by molar-refractivity contribution is 6.29. The van der Waals surface area contributed by atoms with Gasteiger partial charge in [0.05, 0.1) is 0 Å². The second-order valence-electron chi connectivity index (χ2n) is 8.26. The maximum Gasteiger partial charge on any atom is 0.334 e. The number of rotatable bonds is 12. The van der Waals surface area contributed by atoms with Crippen LogP contribution in [-0.4, -0.2) is 104 Å². The van der Waals surface area contributed by atoms with Gasteiger partial charge in [-0.2, -0.15) is 0 Å². The lowest BCUT2D eigenvalue weighted by atomic mass is 10.0. The smallest absolute Gasteiger partial charge is 0.334 e. The van der Waals surface area contributed by atoms with E-state index in [2.05, 4.69) is 0 Å². The Labute approximate surface area is 211 Å². The van der Waals surface area contributed by atoms with Crippen LogP contribution in [0.15, 0.2) is 23.8 Å². The normalized spacial score (nSPS) is 20.2. The van der Waals surface area contributed by atoms with Crippen LogP contribution >= 0.6 is 0 Å². The molecule has 1 atom stereocenters.